The number of likely N-dealkylation sites (tertiary alicyclic amines) is 2. The number of aromatic nitrogens is 2. The quantitative estimate of drug-likeness (QED) is 0.897. The van der Waals surface area contributed by atoms with E-state index in [1.165, 1.54) is 38.8 Å². The molecule has 1 aromatic rings. The van der Waals surface area contributed by atoms with Gasteiger partial charge in [0.15, 0.2) is 5.82 Å². The Morgan fingerprint density at radius 3 is 2.73 bits per heavy atom. The predicted molar refractivity (Wildman–Crippen MR) is 85.2 cm³/mol. The Hall–Kier alpha value is -1.18. The van der Waals surface area contributed by atoms with Gasteiger partial charge in [0.1, 0.15) is 5.69 Å². The van der Waals surface area contributed by atoms with Gasteiger partial charge in [0, 0.05) is 12.6 Å². The number of halogens is 1. The van der Waals surface area contributed by atoms with Gasteiger partial charge < -0.3 is 5.32 Å². The summed E-state index contributed by atoms with van der Waals surface area (Å²) in [6, 6.07) is 0.615. The van der Waals surface area contributed by atoms with Crippen molar-refractivity contribution < 1.29 is 9.42 Å². The number of piperidine rings is 1. The van der Waals surface area contributed by atoms with Crippen LogP contribution in [0.1, 0.15) is 31.4 Å². The zero-order valence-corrected chi connectivity index (χ0v) is 13.8. The minimum Gasteiger partial charge on any atom is -0.305 e. The second-order valence-corrected chi connectivity index (χ2v) is 6.02. The summed E-state index contributed by atoms with van der Waals surface area (Å²) in [5.74, 6) is 0.379. The topological polar surface area (TPSA) is 74.5 Å². The van der Waals surface area contributed by atoms with Gasteiger partial charge in [-0.2, -0.15) is 0 Å². The van der Waals surface area contributed by atoms with Gasteiger partial charge in [0.2, 0.25) is 5.91 Å². The Balaban J connectivity index is 0.00000176. The fraction of sp³-hybridized carbons (Fsp3) is 0.786. The minimum absolute atomic E-state index is 0. The highest BCUT2D eigenvalue weighted by atomic mass is 35.5. The zero-order valence-electron chi connectivity index (χ0n) is 13.0. The molecule has 2 aliphatic rings. The molecule has 0 bridgehead atoms. The lowest BCUT2D eigenvalue weighted by molar-refractivity contribution is -0.117. The molecule has 22 heavy (non-hydrogen) atoms. The van der Waals surface area contributed by atoms with Crippen molar-refractivity contribution in [1.82, 2.24) is 20.1 Å². The molecule has 1 unspecified atom stereocenters. The predicted octanol–water partition coefficient (Wildman–Crippen LogP) is 1.30. The van der Waals surface area contributed by atoms with Crippen LogP contribution in [0.5, 0.6) is 0 Å². The number of hydrogen-bond acceptors (Lipinski definition) is 6. The molecule has 124 valence electrons. The van der Waals surface area contributed by atoms with Crippen LogP contribution in [0, 0.1) is 6.92 Å². The number of carbonyl (C=O) groups is 1. The average Bonchev–Trinajstić information content (AvgIpc) is 3.12. The van der Waals surface area contributed by atoms with Crippen LogP contribution in [0.3, 0.4) is 0 Å². The first-order valence-electron chi connectivity index (χ1n) is 7.78. The van der Waals surface area contributed by atoms with Crippen LogP contribution in [0.25, 0.3) is 0 Å². The van der Waals surface area contributed by atoms with E-state index in [1.807, 2.05) is 0 Å². The van der Waals surface area contributed by atoms with E-state index in [-0.39, 0.29) is 18.3 Å². The number of hydrogen-bond donors (Lipinski definition) is 1. The van der Waals surface area contributed by atoms with Crippen LogP contribution < -0.4 is 5.32 Å². The molecule has 3 rings (SSSR count). The third kappa shape index (κ3) is 4.18. The van der Waals surface area contributed by atoms with Gasteiger partial charge in [-0.3, -0.25) is 14.6 Å². The SMILES string of the molecule is Cc1nonc1NC(=O)CN1CCCC(N2CCCC2)C1.Cl. The lowest BCUT2D eigenvalue weighted by atomic mass is 10.0. The number of nitrogens with one attached hydrogen (secondary N) is 1. The Morgan fingerprint density at radius 2 is 2.05 bits per heavy atom. The third-order valence-corrected chi connectivity index (χ3v) is 4.42. The van der Waals surface area contributed by atoms with Crippen LogP contribution in [0.2, 0.25) is 0 Å². The molecule has 0 aromatic carbocycles. The van der Waals surface area contributed by atoms with Crippen LogP contribution in [0.4, 0.5) is 5.82 Å². The summed E-state index contributed by atoms with van der Waals surface area (Å²) in [7, 11) is 0. The molecule has 0 saturated carbocycles. The minimum atomic E-state index is -0.0455. The van der Waals surface area contributed by atoms with E-state index in [4.69, 9.17) is 0 Å². The van der Waals surface area contributed by atoms with Crippen molar-refractivity contribution >= 4 is 24.1 Å². The fourth-order valence-corrected chi connectivity index (χ4v) is 3.30. The van der Waals surface area contributed by atoms with Gasteiger partial charge in [-0.25, -0.2) is 4.63 Å². The van der Waals surface area contributed by atoms with Crippen molar-refractivity contribution in [1.29, 1.82) is 0 Å². The first-order valence-corrected chi connectivity index (χ1v) is 7.78. The molecular weight excluding hydrogens is 306 g/mol. The standard InChI is InChI=1S/C14H23N5O2.ClH/c1-11-14(17-21-16-11)15-13(20)10-18-6-4-5-12(9-18)19-7-2-3-8-19;/h12H,2-10H2,1H3,(H,15,17,20);1H. The maximum absolute atomic E-state index is 12.1. The second kappa shape index (κ2) is 7.89. The number of aryl methyl sites for hydroxylation is 1. The number of amides is 1. The molecule has 8 heteroatoms. The number of rotatable bonds is 4. The lowest BCUT2D eigenvalue weighted by Crippen LogP contribution is -2.48. The summed E-state index contributed by atoms with van der Waals surface area (Å²) in [5.41, 5.74) is 0.608. The molecule has 0 spiro atoms. The molecular formula is C14H24ClN5O2. The Bertz CT molecular complexity index is 489. The molecule has 1 aromatic heterocycles. The molecule has 1 N–H and O–H groups in total. The Morgan fingerprint density at radius 1 is 1.27 bits per heavy atom. The van der Waals surface area contributed by atoms with Crippen molar-refractivity contribution in [3.05, 3.63) is 5.69 Å². The zero-order chi connectivity index (χ0) is 14.7. The summed E-state index contributed by atoms with van der Waals surface area (Å²) in [6.45, 7) is 6.59. The summed E-state index contributed by atoms with van der Waals surface area (Å²) < 4.78 is 4.59. The van der Waals surface area contributed by atoms with E-state index >= 15 is 0 Å². The van der Waals surface area contributed by atoms with Gasteiger partial charge in [-0.1, -0.05) is 5.16 Å². The average molecular weight is 330 g/mol. The van der Waals surface area contributed by atoms with Crippen LogP contribution in [-0.2, 0) is 4.79 Å². The first kappa shape index (κ1) is 17.2. The first-order chi connectivity index (χ1) is 10.2. The molecule has 3 heterocycles. The van der Waals surface area contributed by atoms with E-state index in [1.54, 1.807) is 6.92 Å². The van der Waals surface area contributed by atoms with Crippen LogP contribution in [-0.4, -0.2) is 64.8 Å². The summed E-state index contributed by atoms with van der Waals surface area (Å²) >= 11 is 0. The maximum Gasteiger partial charge on any atom is 0.239 e. The van der Waals surface area contributed by atoms with Crippen LogP contribution >= 0.6 is 12.4 Å². The molecule has 1 amide bonds. The Labute approximate surface area is 136 Å². The number of nitrogens with zero attached hydrogens (tertiary/aromatic N) is 4. The van der Waals surface area contributed by atoms with E-state index < -0.39 is 0 Å². The third-order valence-electron chi connectivity index (χ3n) is 4.42. The summed E-state index contributed by atoms with van der Waals surface area (Å²) in [4.78, 5) is 16.9. The number of carbonyl (C=O) groups excluding carboxylic acids is 1. The van der Waals surface area contributed by atoms with Gasteiger partial charge in [-0.05, 0) is 57.4 Å². The van der Waals surface area contributed by atoms with Crippen LogP contribution in [0.15, 0.2) is 4.63 Å². The van der Waals surface area contributed by atoms with E-state index in [0.29, 0.717) is 24.1 Å². The van der Waals surface area contributed by atoms with Crippen molar-refractivity contribution in [2.75, 3.05) is 38.0 Å². The molecule has 0 radical (unpaired) electrons. The van der Waals surface area contributed by atoms with Gasteiger partial charge in [0.05, 0.1) is 6.54 Å². The molecule has 7 nitrogen and oxygen atoms in total. The molecule has 2 aliphatic heterocycles. The van der Waals surface area contributed by atoms with Gasteiger partial charge in [0.25, 0.3) is 0 Å². The van der Waals surface area contributed by atoms with Crippen molar-refractivity contribution in [2.24, 2.45) is 0 Å². The van der Waals surface area contributed by atoms with Crippen molar-refractivity contribution in [3.63, 3.8) is 0 Å². The molecule has 2 fully saturated rings. The van der Waals surface area contributed by atoms with Gasteiger partial charge in [-0.15, -0.1) is 12.4 Å². The highest BCUT2D eigenvalue weighted by Gasteiger charge is 2.28. The monoisotopic (exact) mass is 329 g/mol. The lowest BCUT2D eigenvalue weighted by Gasteiger charge is -2.37. The van der Waals surface area contributed by atoms with Crippen molar-refractivity contribution in [3.8, 4) is 0 Å². The maximum atomic E-state index is 12.1. The van der Waals surface area contributed by atoms with E-state index in [9.17, 15) is 4.79 Å². The molecule has 0 aliphatic carbocycles. The van der Waals surface area contributed by atoms with Crippen molar-refractivity contribution in [2.45, 2.75) is 38.6 Å². The highest BCUT2D eigenvalue weighted by Crippen LogP contribution is 2.20. The summed E-state index contributed by atoms with van der Waals surface area (Å²) in [5, 5.41) is 10.1. The largest absolute Gasteiger partial charge is 0.305 e. The van der Waals surface area contributed by atoms with Gasteiger partial charge >= 0.3 is 0 Å². The van der Waals surface area contributed by atoms with E-state index in [0.717, 1.165) is 13.1 Å². The highest BCUT2D eigenvalue weighted by molar-refractivity contribution is 5.91. The second-order valence-electron chi connectivity index (χ2n) is 6.02. The molecule has 1 atom stereocenters. The fourth-order valence-electron chi connectivity index (χ4n) is 3.30. The normalized spacial score (nSPS) is 23.2. The Kier molecular flexibility index (Phi) is 6.16. The smallest absolute Gasteiger partial charge is 0.239 e. The number of anilines is 1. The van der Waals surface area contributed by atoms with E-state index in [2.05, 4.69) is 30.1 Å². The summed E-state index contributed by atoms with van der Waals surface area (Å²) in [6.07, 6.45) is 5.05. The molecule has 2 saturated heterocycles.